The molecule has 2 aromatic rings. The van der Waals surface area contributed by atoms with Crippen LogP contribution in [0.1, 0.15) is 11.6 Å². The summed E-state index contributed by atoms with van der Waals surface area (Å²) in [5.41, 5.74) is 0.779. The maximum absolute atomic E-state index is 13.2. The molecule has 1 heterocycles. The molecule has 5 nitrogen and oxygen atoms in total. The summed E-state index contributed by atoms with van der Waals surface area (Å²) < 4.78 is 69.8. The van der Waals surface area contributed by atoms with Crippen molar-refractivity contribution in [3.8, 4) is 5.75 Å². The van der Waals surface area contributed by atoms with E-state index in [1.165, 1.54) is 16.4 Å². The maximum atomic E-state index is 13.2. The van der Waals surface area contributed by atoms with Gasteiger partial charge in [0, 0.05) is 19.6 Å². The first kappa shape index (κ1) is 22.5. The summed E-state index contributed by atoms with van der Waals surface area (Å²) in [7, 11) is -2.33. The summed E-state index contributed by atoms with van der Waals surface area (Å²) in [6, 6.07) is 13.4. The highest BCUT2D eigenvalue weighted by atomic mass is 35.5. The topological polar surface area (TPSA) is 49.9 Å². The van der Waals surface area contributed by atoms with Crippen molar-refractivity contribution >= 4 is 22.4 Å². The molecule has 0 aliphatic carbocycles. The highest BCUT2D eigenvalue weighted by Crippen LogP contribution is 2.36. The van der Waals surface area contributed by atoms with Crippen molar-refractivity contribution in [3.63, 3.8) is 0 Å². The molecule has 0 aromatic heterocycles. The second-order valence-corrected chi connectivity index (χ2v) is 8.16. The lowest BCUT2D eigenvalue weighted by Gasteiger charge is -2.39. The van der Waals surface area contributed by atoms with Gasteiger partial charge in [-0.25, -0.2) is 8.42 Å². The molecule has 0 spiro atoms. The van der Waals surface area contributed by atoms with Crippen LogP contribution < -0.4 is 4.74 Å². The second kappa shape index (κ2) is 8.69. The van der Waals surface area contributed by atoms with Crippen molar-refractivity contribution in [2.75, 3.05) is 26.7 Å². The average Bonchev–Trinajstić information content (AvgIpc) is 2.61. The van der Waals surface area contributed by atoms with E-state index in [0.717, 1.165) is 17.7 Å². The van der Waals surface area contributed by atoms with Gasteiger partial charge in [-0.3, -0.25) is 0 Å². The lowest BCUT2D eigenvalue weighted by atomic mass is 10.1. The van der Waals surface area contributed by atoms with Gasteiger partial charge in [-0.15, -0.1) is 25.6 Å². The van der Waals surface area contributed by atoms with Gasteiger partial charge in [-0.1, -0.05) is 42.5 Å². The number of piperazine rings is 1. The number of hydrogen-bond donors (Lipinski definition) is 0. The molecule has 2 aromatic carbocycles. The Morgan fingerprint density at radius 1 is 1.00 bits per heavy atom. The first-order chi connectivity index (χ1) is 12.7. The van der Waals surface area contributed by atoms with E-state index in [0.29, 0.717) is 13.1 Å². The van der Waals surface area contributed by atoms with Crippen LogP contribution in [0.5, 0.6) is 5.75 Å². The van der Waals surface area contributed by atoms with E-state index in [4.69, 9.17) is 0 Å². The molecule has 10 heteroatoms. The number of alkyl halides is 3. The third-order valence-corrected chi connectivity index (χ3v) is 6.33. The van der Waals surface area contributed by atoms with Crippen molar-refractivity contribution in [1.29, 1.82) is 0 Å². The highest BCUT2D eigenvalue weighted by molar-refractivity contribution is 7.89. The predicted molar refractivity (Wildman–Crippen MR) is 101 cm³/mol. The summed E-state index contributed by atoms with van der Waals surface area (Å²) >= 11 is 0. The Morgan fingerprint density at radius 2 is 1.61 bits per heavy atom. The lowest BCUT2D eigenvalue weighted by molar-refractivity contribution is -0.275. The zero-order chi connectivity index (χ0) is 19.7. The minimum absolute atomic E-state index is 0. The molecule has 1 aliphatic rings. The third kappa shape index (κ3) is 4.96. The average molecular weight is 437 g/mol. The fourth-order valence-electron chi connectivity index (χ4n) is 3.14. The SMILES string of the molecule is CN1CCN(S(=O)(=O)c2ccccc2OC(F)(F)F)C(c2ccccc2)C1.Cl. The molecule has 0 radical (unpaired) electrons. The van der Waals surface area contributed by atoms with Crippen molar-refractivity contribution in [2.45, 2.75) is 17.3 Å². The van der Waals surface area contributed by atoms with Crippen molar-refractivity contribution < 1.29 is 26.3 Å². The summed E-state index contributed by atoms with van der Waals surface area (Å²) in [5, 5.41) is 0. The molecular weight excluding hydrogens is 417 g/mol. The maximum Gasteiger partial charge on any atom is 0.573 e. The largest absolute Gasteiger partial charge is 0.573 e. The van der Waals surface area contributed by atoms with Gasteiger partial charge in [0.25, 0.3) is 0 Å². The number of rotatable bonds is 4. The minimum Gasteiger partial charge on any atom is -0.404 e. The molecular formula is C18H20ClF3N2O3S. The molecule has 1 saturated heterocycles. The Balaban J connectivity index is 0.00000280. The standard InChI is InChI=1S/C18H19F3N2O3S.ClH/c1-22-11-12-23(15(13-22)14-7-3-2-4-8-14)27(24,25)17-10-6-5-9-16(17)26-18(19,20)21;/h2-10,15H,11-13H2,1H3;1H. The zero-order valence-corrected chi connectivity index (χ0v) is 16.6. The Kier molecular flexibility index (Phi) is 6.97. The van der Waals surface area contributed by atoms with Crippen LogP contribution in [0.3, 0.4) is 0 Å². The van der Waals surface area contributed by atoms with Crippen LogP contribution in [0.15, 0.2) is 59.5 Å². The zero-order valence-electron chi connectivity index (χ0n) is 15.0. The minimum atomic E-state index is -4.98. The van der Waals surface area contributed by atoms with Crippen LogP contribution in [0.4, 0.5) is 13.2 Å². The predicted octanol–water partition coefficient (Wildman–Crippen LogP) is 3.68. The Hall–Kier alpha value is -1.81. The Labute approximate surface area is 168 Å². The van der Waals surface area contributed by atoms with E-state index in [2.05, 4.69) is 4.74 Å². The number of halogens is 4. The normalized spacial score (nSPS) is 19.1. The third-order valence-electron chi connectivity index (χ3n) is 4.38. The molecule has 3 rings (SSSR count). The van der Waals surface area contributed by atoms with Gasteiger partial charge in [-0.2, -0.15) is 4.31 Å². The fourth-order valence-corrected chi connectivity index (χ4v) is 4.85. The summed E-state index contributed by atoms with van der Waals surface area (Å²) in [6.07, 6.45) is -4.98. The summed E-state index contributed by atoms with van der Waals surface area (Å²) in [5.74, 6) is -0.726. The molecule has 0 amide bonds. The number of benzene rings is 2. The van der Waals surface area contributed by atoms with Crippen LogP contribution in [0.2, 0.25) is 0 Å². The van der Waals surface area contributed by atoms with E-state index in [1.54, 1.807) is 12.1 Å². The van der Waals surface area contributed by atoms with Crippen LogP contribution in [-0.4, -0.2) is 50.7 Å². The molecule has 1 atom stereocenters. The second-order valence-electron chi connectivity index (χ2n) is 6.30. The smallest absolute Gasteiger partial charge is 0.404 e. The lowest BCUT2D eigenvalue weighted by Crippen LogP contribution is -2.49. The van der Waals surface area contributed by atoms with Gasteiger partial charge in [-0.05, 0) is 24.7 Å². The molecule has 1 unspecified atom stereocenters. The number of ether oxygens (including phenoxy) is 1. The quantitative estimate of drug-likeness (QED) is 0.733. The van der Waals surface area contributed by atoms with Crippen molar-refractivity contribution in [3.05, 3.63) is 60.2 Å². The van der Waals surface area contributed by atoms with Gasteiger partial charge in [0.15, 0.2) is 0 Å². The van der Waals surface area contributed by atoms with Crippen LogP contribution in [-0.2, 0) is 10.0 Å². The van der Waals surface area contributed by atoms with E-state index >= 15 is 0 Å². The monoisotopic (exact) mass is 436 g/mol. The Bertz CT molecular complexity index is 894. The highest BCUT2D eigenvalue weighted by Gasteiger charge is 2.39. The molecule has 1 aliphatic heterocycles. The van der Waals surface area contributed by atoms with Gasteiger partial charge >= 0.3 is 6.36 Å². The van der Waals surface area contributed by atoms with E-state index < -0.39 is 33.1 Å². The van der Waals surface area contributed by atoms with Gasteiger partial charge in [0.1, 0.15) is 10.6 Å². The molecule has 0 bridgehead atoms. The van der Waals surface area contributed by atoms with Crippen LogP contribution in [0.25, 0.3) is 0 Å². The van der Waals surface area contributed by atoms with Crippen LogP contribution in [0, 0.1) is 0 Å². The number of hydrogen-bond acceptors (Lipinski definition) is 4. The first-order valence-electron chi connectivity index (χ1n) is 8.28. The van der Waals surface area contributed by atoms with Gasteiger partial charge in [0.05, 0.1) is 6.04 Å². The molecule has 28 heavy (non-hydrogen) atoms. The fraction of sp³-hybridized carbons (Fsp3) is 0.333. The van der Waals surface area contributed by atoms with Gasteiger partial charge < -0.3 is 9.64 Å². The van der Waals surface area contributed by atoms with Gasteiger partial charge in [0.2, 0.25) is 10.0 Å². The van der Waals surface area contributed by atoms with Crippen molar-refractivity contribution in [2.24, 2.45) is 0 Å². The Morgan fingerprint density at radius 3 is 2.25 bits per heavy atom. The molecule has 0 N–H and O–H groups in total. The number of nitrogens with zero attached hydrogens (tertiary/aromatic N) is 2. The summed E-state index contributed by atoms with van der Waals surface area (Å²) in [6.45, 7) is 1.08. The first-order valence-corrected chi connectivity index (χ1v) is 9.72. The number of para-hydroxylation sites is 1. The molecule has 0 saturated carbocycles. The van der Waals surface area contributed by atoms with Crippen molar-refractivity contribution in [1.82, 2.24) is 9.21 Å². The molecule has 154 valence electrons. The molecule has 1 fully saturated rings. The number of likely N-dealkylation sites (N-methyl/N-ethyl adjacent to an activating group) is 1. The summed E-state index contributed by atoms with van der Waals surface area (Å²) in [4.78, 5) is 1.50. The van der Waals surface area contributed by atoms with Crippen LogP contribution >= 0.6 is 12.4 Å². The van der Waals surface area contributed by atoms with E-state index in [1.807, 2.05) is 30.1 Å². The van der Waals surface area contributed by atoms with E-state index in [9.17, 15) is 21.6 Å². The number of sulfonamides is 1. The van der Waals surface area contributed by atoms with E-state index in [-0.39, 0.29) is 19.0 Å².